The predicted molar refractivity (Wildman–Crippen MR) is 65.1 cm³/mol. The lowest BCUT2D eigenvalue weighted by atomic mass is 10.2. The molecule has 0 aliphatic heterocycles. The molecule has 2 aromatic carbocycles. The van der Waals surface area contributed by atoms with Crippen LogP contribution in [0, 0.1) is 23.3 Å². The maximum atomic E-state index is 13.4. The minimum Gasteiger partial charge on any atom is -0.378 e. The Morgan fingerprint density at radius 1 is 0.947 bits per heavy atom. The van der Waals surface area contributed by atoms with Gasteiger partial charge < -0.3 is 5.32 Å². The van der Waals surface area contributed by atoms with Crippen molar-refractivity contribution in [3.63, 3.8) is 0 Å². The Kier molecular flexibility index (Phi) is 3.95. The highest BCUT2D eigenvalue weighted by Crippen LogP contribution is 2.21. The van der Waals surface area contributed by atoms with E-state index >= 15 is 0 Å². The maximum absolute atomic E-state index is 13.4. The van der Waals surface area contributed by atoms with Crippen molar-refractivity contribution in [3.05, 3.63) is 64.2 Å². The molecule has 1 nitrogen and oxygen atoms in total. The van der Waals surface area contributed by atoms with Crippen molar-refractivity contribution in [1.29, 1.82) is 0 Å². The second kappa shape index (κ2) is 5.48. The summed E-state index contributed by atoms with van der Waals surface area (Å²) in [4.78, 5) is 0. The van der Waals surface area contributed by atoms with E-state index < -0.39 is 23.3 Å². The number of halogens is 5. The van der Waals surface area contributed by atoms with Gasteiger partial charge in [0.25, 0.3) is 0 Å². The standard InChI is InChI=1S/C13H8ClF4N/c14-8-1-2-10(16)7(3-8)6-19-12-5-9(15)4-11(17)13(12)18/h1-5,19H,6H2. The summed E-state index contributed by atoms with van der Waals surface area (Å²) in [5.41, 5.74) is -0.214. The van der Waals surface area contributed by atoms with Crippen LogP contribution in [-0.2, 0) is 6.54 Å². The summed E-state index contributed by atoms with van der Waals surface area (Å²) in [6, 6.07) is 5.09. The summed E-state index contributed by atoms with van der Waals surface area (Å²) < 4.78 is 52.6. The topological polar surface area (TPSA) is 12.0 Å². The van der Waals surface area contributed by atoms with Crippen LogP contribution in [0.4, 0.5) is 23.2 Å². The van der Waals surface area contributed by atoms with E-state index in [1.165, 1.54) is 12.1 Å². The molecule has 100 valence electrons. The second-order valence-electron chi connectivity index (χ2n) is 3.84. The first-order valence-corrected chi connectivity index (χ1v) is 5.67. The van der Waals surface area contributed by atoms with Gasteiger partial charge in [-0.25, -0.2) is 17.6 Å². The highest BCUT2D eigenvalue weighted by atomic mass is 35.5. The maximum Gasteiger partial charge on any atom is 0.182 e. The van der Waals surface area contributed by atoms with E-state index in [0.717, 1.165) is 12.1 Å². The summed E-state index contributed by atoms with van der Waals surface area (Å²) in [5.74, 6) is -4.00. The van der Waals surface area contributed by atoms with Crippen molar-refractivity contribution in [1.82, 2.24) is 0 Å². The van der Waals surface area contributed by atoms with E-state index in [2.05, 4.69) is 5.32 Å². The third kappa shape index (κ3) is 3.17. The number of hydrogen-bond acceptors (Lipinski definition) is 1. The predicted octanol–water partition coefficient (Wildman–Crippen LogP) is 4.51. The highest BCUT2D eigenvalue weighted by Gasteiger charge is 2.11. The van der Waals surface area contributed by atoms with Crippen LogP contribution in [0.2, 0.25) is 5.02 Å². The molecule has 0 radical (unpaired) electrons. The largest absolute Gasteiger partial charge is 0.378 e. The smallest absolute Gasteiger partial charge is 0.182 e. The van der Waals surface area contributed by atoms with Gasteiger partial charge in [-0.05, 0) is 18.2 Å². The summed E-state index contributed by atoms with van der Waals surface area (Å²) in [7, 11) is 0. The lowest BCUT2D eigenvalue weighted by Crippen LogP contribution is -2.05. The number of hydrogen-bond donors (Lipinski definition) is 1. The number of anilines is 1. The van der Waals surface area contributed by atoms with Gasteiger partial charge in [0, 0.05) is 29.3 Å². The molecule has 0 aromatic heterocycles. The molecule has 0 saturated carbocycles. The number of benzene rings is 2. The molecule has 0 bridgehead atoms. The van der Waals surface area contributed by atoms with Crippen LogP contribution in [0.3, 0.4) is 0 Å². The number of nitrogens with one attached hydrogen (secondary N) is 1. The Hall–Kier alpha value is -1.75. The van der Waals surface area contributed by atoms with Gasteiger partial charge in [-0.15, -0.1) is 0 Å². The fraction of sp³-hybridized carbons (Fsp3) is 0.0769. The van der Waals surface area contributed by atoms with Gasteiger partial charge in [0.2, 0.25) is 0 Å². The van der Waals surface area contributed by atoms with Gasteiger partial charge in [-0.1, -0.05) is 11.6 Å². The zero-order valence-electron chi connectivity index (χ0n) is 9.48. The van der Waals surface area contributed by atoms with Crippen molar-refractivity contribution in [2.75, 3.05) is 5.32 Å². The zero-order chi connectivity index (χ0) is 14.0. The summed E-state index contributed by atoms with van der Waals surface area (Å²) in [6.45, 7) is -0.147. The molecule has 0 amide bonds. The van der Waals surface area contributed by atoms with Crippen molar-refractivity contribution in [2.24, 2.45) is 0 Å². The fourth-order valence-electron chi connectivity index (χ4n) is 1.55. The minimum atomic E-state index is -1.31. The zero-order valence-corrected chi connectivity index (χ0v) is 10.2. The normalized spacial score (nSPS) is 10.6. The van der Waals surface area contributed by atoms with E-state index in [1.54, 1.807) is 0 Å². The Balaban J connectivity index is 2.21. The molecule has 0 fully saturated rings. The van der Waals surface area contributed by atoms with Crippen LogP contribution in [0.15, 0.2) is 30.3 Å². The summed E-state index contributed by atoms with van der Waals surface area (Å²) >= 11 is 5.69. The van der Waals surface area contributed by atoms with Gasteiger partial charge in [0.1, 0.15) is 11.6 Å². The Morgan fingerprint density at radius 2 is 1.68 bits per heavy atom. The van der Waals surface area contributed by atoms with E-state index in [9.17, 15) is 17.6 Å². The van der Waals surface area contributed by atoms with Crippen LogP contribution in [0.5, 0.6) is 0 Å². The molecule has 2 aromatic rings. The number of rotatable bonds is 3. The molecular weight excluding hydrogens is 282 g/mol. The first kappa shape index (κ1) is 13.7. The molecule has 0 atom stereocenters. The highest BCUT2D eigenvalue weighted by molar-refractivity contribution is 6.30. The average molecular weight is 290 g/mol. The molecule has 0 aliphatic carbocycles. The average Bonchev–Trinajstić information content (AvgIpc) is 2.35. The van der Waals surface area contributed by atoms with E-state index in [1.807, 2.05) is 0 Å². The first-order valence-electron chi connectivity index (χ1n) is 5.29. The lowest BCUT2D eigenvalue weighted by molar-refractivity contribution is 0.497. The SMILES string of the molecule is Fc1cc(F)c(F)c(NCc2cc(Cl)ccc2F)c1. The van der Waals surface area contributed by atoms with Gasteiger partial charge in [0.15, 0.2) is 11.6 Å². The van der Waals surface area contributed by atoms with Crippen LogP contribution in [0.25, 0.3) is 0 Å². The minimum absolute atomic E-state index is 0.147. The monoisotopic (exact) mass is 289 g/mol. The molecule has 19 heavy (non-hydrogen) atoms. The van der Waals surface area contributed by atoms with Crippen molar-refractivity contribution < 1.29 is 17.6 Å². The molecule has 0 saturated heterocycles. The molecule has 0 heterocycles. The van der Waals surface area contributed by atoms with Gasteiger partial charge >= 0.3 is 0 Å². The quantitative estimate of drug-likeness (QED) is 0.647. The van der Waals surface area contributed by atoms with Crippen molar-refractivity contribution >= 4 is 17.3 Å². The van der Waals surface area contributed by atoms with Crippen molar-refractivity contribution in [2.45, 2.75) is 6.54 Å². The van der Waals surface area contributed by atoms with Crippen LogP contribution < -0.4 is 5.32 Å². The molecule has 0 aliphatic rings. The third-order valence-corrected chi connectivity index (χ3v) is 2.71. The molecule has 0 spiro atoms. The fourth-order valence-corrected chi connectivity index (χ4v) is 1.75. The van der Waals surface area contributed by atoms with Gasteiger partial charge in [-0.3, -0.25) is 0 Å². The van der Waals surface area contributed by atoms with Crippen LogP contribution in [-0.4, -0.2) is 0 Å². The molecule has 2 rings (SSSR count). The Bertz CT molecular complexity index is 616. The summed E-state index contributed by atoms with van der Waals surface area (Å²) in [5, 5.41) is 2.73. The molecule has 6 heteroatoms. The molecular formula is C13H8ClF4N. The Morgan fingerprint density at radius 3 is 2.42 bits per heavy atom. The van der Waals surface area contributed by atoms with E-state index in [4.69, 9.17) is 11.6 Å². The van der Waals surface area contributed by atoms with Crippen molar-refractivity contribution in [3.8, 4) is 0 Å². The van der Waals surface area contributed by atoms with Crippen LogP contribution in [0.1, 0.15) is 5.56 Å². The summed E-state index contributed by atoms with van der Waals surface area (Å²) in [6.07, 6.45) is 0. The van der Waals surface area contributed by atoms with Crippen LogP contribution >= 0.6 is 11.6 Å². The molecule has 1 N–H and O–H groups in total. The Labute approximate surface area is 111 Å². The van der Waals surface area contributed by atoms with Gasteiger partial charge in [0.05, 0.1) is 5.69 Å². The molecule has 0 unspecified atom stereocenters. The van der Waals surface area contributed by atoms with E-state index in [0.29, 0.717) is 11.1 Å². The second-order valence-corrected chi connectivity index (χ2v) is 4.27. The van der Waals surface area contributed by atoms with E-state index in [-0.39, 0.29) is 17.8 Å². The third-order valence-electron chi connectivity index (χ3n) is 2.47. The lowest BCUT2D eigenvalue weighted by Gasteiger charge is -2.09. The van der Waals surface area contributed by atoms with Gasteiger partial charge in [-0.2, -0.15) is 0 Å². The first-order chi connectivity index (χ1) is 8.97.